The maximum atomic E-state index is 10.0. The van der Waals surface area contributed by atoms with E-state index in [1.807, 2.05) is 26.0 Å². The van der Waals surface area contributed by atoms with Crippen molar-refractivity contribution in [2.45, 2.75) is 52.2 Å². The summed E-state index contributed by atoms with van der Waals surface area (Å²) in [6, 6.07) is 8.07. The zero-order chi connectivity index (χ0) is 12.9. The Labute approximate surface area is 105 Å². The van der Waals surface area contributed by atoms with Crippen molar-refractivity contribution in [1.82, 2.24) is 0 Å². The number of hydrogen-bond acceptors (Lipinski definition) is 2. The average Bonchev–Trinajstić information content (AvgIpc) is 2.36. The zero-order valence-electron chi connectivity index (χ0n) is 11.4. The molecule has 0 heterocycles. The van der Waals surface area contributed by atoms with Crippen LogP contribution in [0.15, 0.2) is 24.3 Å². The highest BCUT2D eigenvalue weighted by atomic mass is 16.5. The van der Waals surface area contributed by atoms with Crippen LogP contribution in [-0.2, 0) is 11.2 Å². The van der Waals surface area contributed by atoms with Crippen molar-refractivity contribution < 1.29 is 9.84 Å². The molecule has 0 aliphatic rings. The first-order valence-corrected chi connectivity index (χ1v) is 6.39. The predicted molar refractivity (Wildman–Crippen MR) is 71.1 cm³/mol. The highest BCUT2D eigenvalue weighted by molar-refractivity contribution is 5.24. The first-order chi connectivity index (χ1) is 7.98. The maximum absolute atomic E-state index is 10.0. The van der Waals surface area contributed by atoms with E-state index in [0.29, 0.717) is 6.61 Å². The molecule has 0 spiro atoms. The summed E-state index contributed by atoms with van der Waals surface area (Å²) in [6.07, 6.45) is 1.43. The number of ether oxygens (including phenoxy) is 1. The van der Waals surface area contributed by atoms with E-state index in [4.69, 9.17) is 4.74 Å². The molecule has 2 heteroatoms. The van der Waals surface area contributed by atoms with E-state index in [0.717, 1.165) is 18.4 Å². The van der Waals surface area contributed by atoms with Gasteiger partial charge >= 0.3 is 0 Å². The third-order valence-corrected chi connectivity index (χ3v) is 3.26. The summed E-state index contributed by atoms with van der Waals surface area (Å²) < 4.78 is 5.70. The van der Waals surface area contributed by atoms with Gasteiger partial charge in [0, 0.05) is 0 Å². The Hall–Kier alpha value is -0.860. The fourth-order valence-electron chi connectivity index (χ4n) is 1.48. The smallest absolute Gasteiger partial charge is 0.102 e. The second kappa shape index (κ2) is 6.18. The van der Waals surface area contributed by atoms with E-state index in [9.17, 15) is 5.11 Å². The lowest BCUT2D eigenvalue weighted by Crippen LogP contribution is -2.25. The Morgan fingerprint density at radius 2 is 1.76 bits per heavy atom. The molecule has 1 aromatic carbocycles. The molecule has 0 aliphatic heterocycles. The van der Waals surface area contributed by atoms with Gasteiger partial charge in [0.1, 0.15) is 6.10 Å². The van der Waals surface area contributed by atoms with Crippen molar-refractivity contribution in [3.05, 3.63) is 35.4 Å². The Morgan fingerprint density at radius 3 is 2.24 bits per heavy atom. The van der Waals surface area contributed by atoms with Gasteiger partial charge < -0.3 is 9.84 Å². The highest BCUT2D eigenvalue weighted by Crippen LogP contribution is 2.19. The van der Waals surface area contributed by atoms with Crippen LogP contribution in [0.3, 0.4) is 0 Å². The van der Waals surface area contributed by atoms with Crippen LogP contribution in [-0.4, -0.2) is 17.3 Å². The molecule has 1 unspecified atom stereocenters. The molecule has 0 radical (unpaired) electrons. The molecule has 1 aromatic rings. The second-order valence-corrected chi connectivity index (χ2v) is 5.04. The van der Waals surface area contributed by atoms with Gasteiger partial charge in [-0.15, -0.1) is 0 Å². The minimum atomic E-state index is -0.535. The van der Waals surface area contributed by atoms with Crippen molar-refractivity contribution >= 4 is 0 Å². The normalized spacial score (nSPS) is 13.7. The van der Waals surface area contributed by atoms with Gasteiger partial charge in [0.05, 0.1) is 12.2 Å². The summed E-state index contributed by atoms with van der Waals surface area (Å²) in [5, 5.41) is 10.0. The number of aliphatic hydroxyl groups excluding tert-OH is 1. The molecule has 96 valence electrons. The predicted octanol–water partition coefficient (Wildman–Crippen LogP) is 3.49. The van der Waals surface area contributed by atoms with Crippen LogP contribution in [0, 0.1) is 0 Å². The molecular weight excluding hydrogens is 212 g/mol. The first kappa shape index (κ1) is 14.2. The van der Waals surface area contributed by atoms with E-state index in [1.54, 1.807) is 0 Å². The largest absolute Gasteiger partial charge is 0.386 e. The minimum absolute atomic E-state index is 0.162. The van der Waals surface area contributed by atoms with Crippen molar-refractivity contribution in [2.24, 2.45) is 0 Å². The number of rotatable bonds is 6. The van der Waals surface area contributed by atoms with Crippen LogP contribution >= 0.6 is 0 Å². The molecule has 0 amide bonds. The van der Waals surface area contributed by atoms with E-state index < -0.39 is 6.10 Å². The van der Waals surface area contributed by atoms with E-state index in [1.165, 1.54) is 5.56 Å². The fraction of sp³-hybridized carbons (Fsp3) is 0.600. The minimum Gasteiger partial charge on any atom is -0.386 e. The lowest BCUT2D eigenvalue weighted by atomic mass is 10.0. The average molecular weight is 236 g/mol. The molecule has 1 rings (SSSR count). The van der Waals surface area contributed by atoms with E-state index in [2.05, 4.69) is 26.0 Å². The summed E-state index contributed by atoms with van der Waals surface area (Å²) in [7, 11) is 0. The Kier molecular flexibility index (Phi) is 5.16. The number of aliphatic hydroxyl groups is 1. The third-order valence-electron chi connectivity index (χ3n) is 3.26. The quantitative estimate of drug-likeness (QED) is 0.819. The van der Waals surface area contributed by atoms with Crippen LogP contribution in [0.1, 0.15) is 51.3 Å². The molecule has 0 saturated heterocycles. The molecule has 0 fully saturated rings. The summed E-state index contributed by atoms with van der Waals surface area (Å²) in [5.41, 5.74) is 2.05. The molecule has 0 aliphatic carbocycles. The van der Waals surface area contributed by atoms with Crippen molar-refractivity contribution in [1.29, 1.82) is 0 Å². The van der Waals surface area contributed by atoms with Crippen molar-refractivity contribution in [3.63, 3.8) is 0 Å². The van der Waals surface area contributed by atoms with Gasteiger partial charge in [-0.2, -0.15) is 0 Å². The van der Waals surface area contributed by atoms with Gasteiger partial charge in [-0.3, -0.25) is 0 Å². The van der Waals surface area contributed by atoms with Crippen LogP contribution in [0.25, 0.3) is 0 Å². The monoisotopic (exact) mass is 236 g/mol. The highest BCUT2D eigenvalue weighted by Gasteiger charge is 2.18. The first-order valence-electron chi connectivity index (χ1n) is 6.39. The van der Waals surface area contributed by atoms with E-state index in [-0.39, 0.29) is 5.60 Å². The van der Waals surface area contributed by atoms with Gasteiger partial charge in [-0.05, 0) is 37.8 Å². The lowest BCUT2D eigenvalue weighted by Gasteiger charge is -2.25. The number of aryl methyl sites for hydroxylation is 1. The standard InChI is InChI=1S/C15H24O2/c1-5-12-7-9-13(10-8-12)14(16)11-17-15(3,4)6-2/h7-10,14,16H,5-6,11H2,1-4H3. The molecule has 0 saturated carbocycles. The van der Waals surface area contributed by atoms with Crippen LogP contribution in [0.2, 0.25) is 0 Å². The number of hydrogen-bond donors (Lipinski definition) is 1. The molecule has 1 N–H and O–H groups in total. The van der Waals surface area contributed by atoms with Gasteiger partial charge in [-0.25, -0.2) is 0 Å². The van der Waals surface area contributed by atoms with Crippen LogP contribution in [0.5, 0.6) is 0 Å². The second-order valence-electron chi connectivity index (χ2n) is 5.04. The summed E-state index contributed by atoms with van der Waals surface area (Å²) in [6.45, 7) is 8.65. The molecule has 0 aromatic heterocycles. The van der Waals surface area contributed by atoms with Gasteiger partial charge in [0.25, 0.3) is 0 Å². The molecule has 1 atom stereocenters. The fourth-order valence-corrected chi connectivity index (χ4v) is 1.48. The summed E-state index contributed by atoms with van der Waals surface area (Å²) >= 11 is 0. The lowest BCUT2D eigenvalue weighted by molar-refractivity contribution is -0.0618. The molecule has 17 heavy (non-hydrogen) atoms. The Morgan fingerprint density at radius 1 is 1.18 bits per heavy atom. The molecule has 2 nitrogen and oxygen atoms in total. The third kappa shape index (κ3) is 4.49. The topological polar surface area (TPSA) is 29.5 Å². The van der Waals surface area contributed by atoms with Gasteiger partial charge in [0.2, 0.25) is 0 Å². The number of benzene rings is 1. The summed E-state index contributed by atoms with van der Waals surface area (Å²) in [4.78, 5) is 0. The summed E-state index contributed by atoms with van der Waals surface area (Å²) in [5.74, 6) is 0. The van der Waals surface area contributed by atoms with Gasteiger partial charge in [0.15, 0.2) is 0 Å². The van der Waals surface area contributed by atoms with Crippen molar-refractivity contribution in [3.8, 4) is 0 Å². The Bertz CT molecular complexity index is 327. The maximum Gasteiger partial charge on any atom is 0.102 e. The SMILES string of the molecule is CCc1ccc(C(O)COC(C)(C)CC)cc1. The Balaban J connectivity index is 2.54. The van der Waals surface area contributed by atoms with Crippen LogP contribution < -0.4 is 0 Å². The van der Waals surface area contributed by atoms with Crippen molar-refractivity contribution in [2.75, 3.05) is 6.61 Å². The van der Waals surface area contributed by atoms with Crippen LogP contribution in [0.4, 0.5) is 0 Å². The van der Waals surface area contributed by atoms with E-state index >= 15 is 0 Å². The molecule has 0 bridgehead atoms. The molecular formula is C15H24O2. The van der Waals surface area contributed by atoms with Gasteiger partial charge in [-0.1, -0.05) is 38.1 Å². The zero-order valence-corrected chi connectivity index (χ0v) is 11.4.